The number of amides is 1. The zero-order chi connectivity index (χ0) is 22.1. The minimum absolute atomic E-state index is 0.0646. The third-order valence-electron chi connectivity index (χ3n) is 5.31. The molecule has 0 saturated heterocycles. The van der Waals surface area contributed by atoms with E-state index < -0.39 is 5.91 Å². The predicted octanol–water partition coefficient (Wildman–Crippen LogP) is 4.30. The Hall–Kier alpha value is -4.33. The molecule has 1 aliphatic rings. The number of ether oxygens (including phenoxy) is 1. The van der Waals surface area contributed by atoms with E-state index >= 15 is 0 Å². The summed E-state index contributed by atoms with van der Waals surface area (Å²) in [6, 6.07) is 12.6. The van der Waals surface area contributed by atoms with Gasteiger partial charge in [0.25, 0.3) is 5.91 Å². The summed E-state index contributed by atoms with van der Waals surface area (Å²) in [5.74, 6) is 0.396. The number of pyridine rings is 1. The highest BCUT2D eigenvalue weighted by Gasteiger charge is 2.18. The van der Waals surface area contributed by atoms with Gasteiger partial charge in [-0.2, -0.15) is 0 Å². The van der Waals surface area contributed by atoms with Crippen LogP contribution in [0.15, 0.2) is 65.9 Å². The van der Waals surface area contributed by atoms with Crippen molar-refractivity contribution in [2.75, 3.05) is 12.4 Å². The molecule has 8 nitrogen and oxygen atoms in total. The molecular formula is C24H19N5O3. The molecule has 0 unspecified atom stereocenters. The summed E-state index contributed by atoms with van der Waals surface area (Å²) in [4.78, 5) is 41.8. The third kappa shape index (κ3) is 3.62. The standard InChI is InChI=1S/C24H19N5O3/c1-32-16-8-7-14-9-11-26-22(18(14)13-16)23(31)29-24-27-19-6-2-5-17(21(19)28-24)20(30)12-15-4-3-10-25-15/h2-3,5-11,13H,4,12H2,1H3,(H2,27,28,29,31). The first-order valence-corrected chi connectivity index (χ1v) is 10.1. The molecule has 1 aliphatic heterocycles. The molecule has 1 amide bonds. The number of methoxy groups -OCH3 is 1. The first kappa shape index (κ1) is 19.6. The van der Waals surface area contributed by atoms with E-state index in [9.17, 15) is 9.59 Å². The van der Waals surface area contributed by atoms with Crippen molar-refractivity contribution in [1.82, 2.24) is 15.0 Å². The number of aromatic nitrogens is 3. The molecule has 8 heteroatoms. The van der Waals surface area contributed by atoms with Gasteiger partial charge in [0.15, 0.2) is 5.78 Å². The van der Waals surface area contributed by atoms with Crippen LogP contribution in [0.1, 0.15) is 33.7 Å². The van der Waals surface area contributed by atoms with Crippen molar-refractivity contribution in [2.45, 2.75) is 12.8 Å². The molecule has 158 valence electrons. The second kappa shape index (κ2) is 8.07. The molecule has 2 aromatic heterocycles. The number of aromatic amines is 1. The maximum absolute atomic E-state index is 13.0. The fourth-order valence-corrected chi connectivity index (χ4v) is 3.74. The molecule has 0 atom stereocenters. The average Bonchev–Trinajstić information content (AvgIpc) is 3.47. The van der Waals surface area contributed by atoms with Gasteiger partial charge in [-0.25, -0.2) is 4.98 Å². The zero-order valence-corrected chi connectivity index (χ0v) is 17.3. The summed E-state index contributed by atoms with van der Waals surface area (Å²) in [5, 5.41) is 4.30. The SMILES string of the molecule is COc1ccc2ccnc(C(=O)Nc3nc4c(C(=O)CC5=NC=CC5)cccc4[nH]3)c2c1. The molecule has 4 aromatic rings. The van der Waals surface area contributed by atoms with Gasteiger partial charge < -0.3 is 9.72 Å². The highest BCUT2D eigenvalue weighted by atomic mass is 16.5. The molecule has 0 fully saturated rings. The fourth-order valence-electron chi connectivity index (χ4n) is 3.74. The number of allylic oxidation sites excluding steroid dienone is 1. The Morgan fingerprint density at radius 3 is 2.91 bits per heavy atom. The summed E-state index contributed by atoms with van der Waals surface area (Å²) in [6.45, 7) is 0. The molecule has 0 bridgehead atoms. The molecular weight excluding hydrogens is 406 g/mol. The molecule has 0 aliphatic carbocycles. The summed E-state index contributed by atoms with van der Waals surface area (Å²) >= 11 is 0. The van der Waals surface area contributed by atoms with E-state index in [1.165, 1.54) is 0 Å². The number of para-hydroxylation sites is 1. The van der Waals surface area contributed by atoms with Crippen LogP contribution >= 0.6 is 0 Å². The van der Waals surface area contributed by atoms with Crippen LogP contribution in [0.2, 0.25) is 0 Å². The monoisotopic (exact) mass is 425 g/mol. The number of rotatable bonds is 6. The lowest BCUT2D eigenvalue weighted by Crippen LogP contribution is -2.15. The smallest absolute Gasteiger partial charge is 0.277 e. The molecule has 2 N–H and O–H groups in total. The van der Waals surface area contributed by atoms with Gasteiger partial charge in [0.05, 0.1) is 12.6 Å². The molecule has 0 radical (unpaired) electrons. The number of nitrogens with one attached hydrogen (secondary N) is 2. The van der Waals surface area contributed by atoms with Crippen LogP contribution in [0.25, 0.3) is 21.8 Å². The number of carbonyl (C=O) groups excluding carboxylic acids is 2. The van der Waals surface area contributed by atoms with E-state index in [0.717, 1.165) is 11.1 Å². The van der Waals surface area contributed by atoms with Crippen molar-refractivity contribution in [3.05, 3.63) is 72.2 Å². The van der Waals surface area contributed by atoms with Crippen molar-refractivity contribution in [1.29, 1.82) is 0 Å². The third-order valence-corrected chi connectivity index (χ3v) is 5.31. The Balaban J connectivity index is 1.44. The molecule has 0 spiro atoms. The maximum atomic E-state index is 13.0. The van der Waals surface area contributed by atoms with E-state index in [4.69, 9.17) is 4.74 Å². The zero-order valence-electron chi connectivity index (χ0n) is 17.3. The average molecular weight is 425 g/mol. The molecule has 2 aromatic carbocycles. The molecule has 5 rings (SSSR count). The Labute approximate surface area is 183 Å². The van der Waals surface area contributed by atoms with E-state index in [1.807, 2.05) is 30.3 Å². The number of aliphatic imine (C=N–C) groups is 1. The number of Topliss-reactive ketones (excluding diaryl/α,β-unsaturated/α-hetero) is 1. The number of nitrogens with zero attached hydrogens (tertiary/aromatic N) is 3. The molecule has 3 heterocycles. The van der Waals surface area contributed by atoms with Crippen LogP contribution in [-0.4, -0.2) is 39.5 Å². The predicted molar refractivity (Wildman–Crippen MR) is 122 cm³/mol. The minimum Gasteiger partial charge on any atom is -0.497 e. The quantitative estimate of drug-likeness (QED) is 0.448. The van der Waals surface area contributed by atoms with Crippen LogP contribution in [-0.2, 0) is 0 Å². The van der Waals surface area contributed by atoms with Gasteiger partial charge in [-0.05, 0) is 35.7 Å². The van der Waals surface area contributed by atoms with Crippen molar-refractivity contribution in [3.8, 4) is 5.75 Å². The topological polar surface area (TPSA) is 109 Å². The number of H-pyrrole nitrogens is 1. The van der Waals surface area contributed by atoms with Crippen molar-refractivity contribution >= 4 is 45.2 Å². The normalized spacial score (nSPS) is 12.8. The van der Waals surface area contributed by atoms with E-state index in [1.54, 1.807) is 37.7 Å². The number of benzene rings is 2. The van der Waals surface area contributed by atoms with Gasteiger partial charge in [-0.3, -0.25) is 24.9 Å². The number of anilines is 1. The van der Waals surface area contributed by atoms with Crippen LogP contribution in [0.4, 0.5) is 5.95 Å². The van der Waals surface area contributed by atoms with E-state index in [0.29, 0.717) is 34.2 Å². The van der Waals surface area contributed by atoms with Crippen molar-refractivity contribution in [2.24, 2.45) is 4.99 Å². The van der Waals surface area contributed by atoms with Gasteiger partial charge in [0, 0.05) is 41.9 Å². The maximum Gasteiger partial charge on any atom is 0.277 e. The Morgan fingerprint density at radius 1 is 1.19 bits per heavy atom. The second-order valence-corrected chi connectivity index (χ2v) is 7.37. The summed E-state index contributed by atoms with van der Waals surface area (Å²) in [5.41, 5.74) is 2.73. The van der Waals surface area contributed by atoms with Crippen molar-refractivity contribution in [3.63, 3.8) is 0 Å². The Morgan fingerprint density at radius 2 is 2.09 bits per heavy atom. The number of carbonyl (C=O) groups is 2. The van der Waals surface area contributed by atoms with Crippen LogP contribution in [0.3, 0.4) is 0 Å². The lowest BCUT2D eigenvalue weighted by Gasteiger charge is -2.07. The van der Waals surface area contributed by atoms with Crippen LogP contribution < -0.4 is 10.1 Å². The van der Waals surface area contributed by atoms with Crippen LogP contribution in [0, 0.1) is 0 Å². The first-order chi connectivity index (χ1) is 15.6. The fraction of sp³-hybridized carbons (Fsp3) is 0.125. The number of hydrogen-bond acceptors (Lipinski definition) is 6. The van der Waals surface area contributed by atoms with Crippen LogP contribution in [0.5, 0.6) is 5.75 Å². The van der Waals surface area contributed by atoms with Gasteiger partial charge in [0.1, 0.15) is 17.0 Å². The highest BCUT2D eigenvalue weighted by Crippen LogP contribution is 2.25. The highest BCUT2D eigenvalue weighted by molar-refractivity contribution is 6.16. The van der Waals surface area contributed by atoms with Crippen molar-refractivity contribution < 1.29 is 14.3 Å². The Bertz CT molecular complexity index is 1430. The first-order valence-electron chi connectivity index (χ1n) is 10.1. The van der Waals surface area contributed by atoms with Gasteiger partial charge >= 0.3 is 0 Å². The van der Waals surface area contributed by atoms with Gasteiger partial charge in [-0.1, -0.05) is 18.2 Å². The Kier molecular flexibility index (Phi) is 4.95. The number of ketones is 1. The molecule has 32 heavy (non-hydrogen) atoms. The van der Waals surface area contributed by atoms with E-state index in [2.05, 4.69) is 25.3 Å². The summed E-state index contributed by atoms with van der Waals surface area (Å²) < 4.78 is 5.28. The number of imidazole rings is 1. The van der Waals surface area contributed by atoms with E-state index in [-0.39, 0.29) is 23.8 Å². The lowest BCUT2D eigenvalue weighted by atomic mass is 10.0. The summed E-state index contributed by atoms with van der Waals surface area (Å²) in [7, 11) is 1.57. The second-order valence-electron chi connectivity index (χ2n) is 7.37. The van der Waals surface area contributed by atoms with Gasteiger partial charge in [0.2, 0.25) is 5.95 Å². The summed E-state index contributed by atoms with van der Waals surface area (Å²) in [6.07, 6.45) is 6.14. The number of hydrogen-bond donors (Lipinski definition) is 2. The lowest BCUT2D eigenvalue weighted by molar-refractivity contribution is 0.0999. The minimum atomic E-state index is -0.415. The largest absolute Gasteiger partial charge is 0.497 e. The van der Waals surface area contributed by atoms with Gasteiger partial charge in [-0.15, -0.1) is 0 Å². The molecule has 0 saturated carbocycles. The number of fused-ring (bicyclic) bond motifs is 2.